The van der Waals surface area contributed by atoms with Gasteiger partial charge in [0.1, 0.15) is 0 Å². The second-order valence-electron chi connectivity index (χ2n) is 4.55. The van der Waals surface area contributed by atoms with Gasteiger partial charge in [0.2, 0.25) is 0 Å². The lowest BCUT2D eigenvalue weighted by atomic mass is 10.1. The minimum absolute atomic E-state index is 0.0335. The van der Waals surface area contributed by atoms with Crippen molar-refractivity contribution in [2.75, 3.05) is 4.72 Å². The molecule has 1 heterocycles. The Morgan fingerprint density at radius 2 is 1.95 bits per heavy atom. The molecule has 1 aliphatic rings. The van der Waals surface area contributed by atoms with Gasteiger partial charge in [-0.2, -0.15) is 4.80 Å². The second-order valence-corrected chi connectivity index (χ2v) is 6.23. The topological polar surface area (TPSA) is 89.8 Å². The summed E-state index contributed by atoms with van der Waals surface area (Å²) in [7, 11) is -2.09. The van der Waals surface area contributed by atoms with E-state index in [1.54, 1.807) is 19.2 Å². The van der Waals surface area contributed by atoms with Crippen LogP contribution >= 0.6 is 0 Å². The average molecular weight is 279 g/mol. The van der Waals surface area contributed by atoms with Crippen molar-refractivity contribution in [3.05, 3.63) is 29.8 Å². The summed E-state index contributed by atoms with van der Waals surface area (Å²) >= 11 is 0. The Morgan fingerprint density at radius 3 is 2.47 bits per heavy atom. The first-order valence-electron chi connectivity index (χ1n) is 5.91. The summed E-state index contributed by atoms with van der Waals surface area (Å²) in [6.45, 7) is 0. The van der Waals surface area contributed by atoms with Gasteiger partial charge in [0, 0.05) is 0 Å². The van der Waals surface area contributed by atoms with E-state index in [-0.39, 0.29) is 10.8 Å². The third-order valence-electron chi connectivity index (χ3n) is 2.97. The first kappa shape index (κ1) is 12.1. The molecule has 100 valence electrons. The van der Waals surface area contributed by atoms with Crippen LogP contribution in [0.1, 0.15) is 24.3 Å². The predicted molar refractivity (Wildman–Crippen MR) is 68.0 cm³/mol. The zero-order valence-electron chi connectivity index (χ0n) is 10.3. The number of aryl methyl sites for hydroxylation is 1. The third kappa shape index (κ3) is 2.58. The van der Waals surface area contributed by atoms with Crippen molar-refractivity contribution in [2.45, 2.75) is 23.7 Å². The molecule has 7 nitrogen and oxygen atoms in total. The zero-order valence-corrected chi connectivity index (χ0v) is 11.1. The number of hydrogen-bond donors (Lipinski definition) is 1. The van der Waals surface area contributed by atoms with Gasteiger partial charge in [0.25, 0.3) is 16.0 Å². The third-order valence-corrected chi connectivity index (χ3v) is 4.32. The first-order valence-corrected chi connectivity index (χ1v) is 7.40. The fourth-order valence-electron chi connectivity index (χ4n) is 1.84. The molecule has 1 aromatic carbocycles. The molecular weight excluding hydrogens is 266 g/mol. The summed E-state index contributed by atoms with van der Waals surface area (Å²) in [5.41, 5.74) is 1.19. The molecule has 1 aliphatic carbocycles. The Labute approximate surface area is 110 Å². The maximum absolute atomic E-state index is 12.1. The Kier molecular flexibility index (Phi) is 2.74. The van der Waals surface area contributed by atoms with Crippen LogP contribution < -0.4 is 4.72 Å². The van der Waals surface area contributed by atoms with Gasteiger partial charge < -0.3 is 0 Å². The quantitative estimate of drug-likeness (QED) is 0.897. The molecule has 1 aromatic heterocycles. The molecule has 8 heteroatoms. The summed E-state index contributed by atoms with van der Waals surface area (Å²) in [6, 6.07) is 6.92. The van der Waals surface area contributed by atoms with Crippen molar-refractivity contribution < 1.29 is 8.42 Å². The molecule has 0 spiro atoms. The van der Waals surface area contributed by atoms with Crippen LogP contribution in [0.4, 0.5) is 5.95 Å². The highest BCUT2D eigenvalue weighted by molar-refractivity contribution is 7.92. The number of tetrazole rings is 1. The van der Waals surface area contributed by atoms with Crippen LogP contribution in [0, 0.1) is 0 Å². The molecule has 0 aliphatic heterocycles. The molecular formula is C11H13N5O2S. The van der Waals surface area contributed by atoms with E-state index in [1.807, 2.05) is 12.1 Å². The molecule has 3 rings (SSSR count). The summed E-state index contributed by atoms with van der Waals surface area (Å²) in [6.07, 6.45) is 2.38. The monoisotopic (exact) mass is 279 g/mol. The molecule has 0 saturated heterocycles. The van der Waals surface area contributed by atoms with Gasteiger partial charge in [-0.15, -0.1) is 5.10 Å². The van der Waals surface area contributed by atoms with Gasteiger partial charge in [-0.3, -0.25) is 0 Å². The minimum atomic E-state index is -3.65. The number of nitrogens with one attached hydrogen (secondary N) is 1. The standard InChI is InChI=1S/C11H13N5O2S/c1-16-13-11(12-15-16)14-19(17,18)10-6-4-9(5-7-10)8-2-3-8/h4-8H,2-3H2,1H3,(H,13,14). The maximum Gasteiger partial charge on any atom is 0.277 e. The number of anilines is 1. The van der Waals surface area contributed by atoms with Gasteiger partial charge in [-0.1, -0.05) is 17.2 Å². The SMILES string of the molecule is Cn1nnc(NS(=O)(=O)c2ccc(C3CC3)cc2)n1. The van der Waals surface area contributed by atoms with E-state index in [2.05, 4.69) is 20.1 Å². The number of hydrogen-bond acceptors (Lipinski definition) is 5. The van der Waals surface area contributed by atoms with E-state index in [0.29, 0.717) is 5.92 Å². The van der Waals surface area contributed by atoms with E-state index >= 15 is 0 Å². The van der Waals surface area contributed by atoms with E-state index in [9.17, 15) is 8.42 Å². The molecule has 0 atom stereocenters. The lowest BCUT2D eigenvalue weighted by Crippen LogP contribution is -2.14. The molecule has 0 bridgehead atoms. The molecule has 1 fully saturated rings. The Morgan fingerprint density at radius 1 is 1.26 bits per heavy atom. The number of nitrogens with zero attached hydrogens (tertiary/aromatic N) is 4. The molecule has 1 N–H and O–H groups in total. The number of benzene rings is 1. The number of rotatable bonds is 4. The van der Waals surface area contributed by atoms with Gasteiger partial charge in [-0.05, 0) is 41.7 Å². The van der Waals surface area contributed by atoms with Crippen molar-refractivity contribution in [1.29, 1.82) is 0 Å². The van der Waals surface area contributed by atoms with Crippen LogP contribution in [0.5, 0.6) is 0 Å². The van der Waals surface area contributed by atoms with Crippen molar-refractivity contribution in [1.82, 2.24) is 20.2 Å². The van der Waals surface area contributed by atoms with Gasteiger partial charge in [-0.25, -0.2) is 13.1 Å². The zero-order chi connectivity index (χ0) is 13.5. The van der Waals surface area contributed by atoms with Crippen LogP contribution in [0.25, 0.3) is 0 Å². The molecule has 0 radical (unpaired) electrons. The van der Waals surface area contributed by atoms with Crippen LogP contribution in [0.2, 0.25) is 0 Å². The fraction of sp³-hybridized carbons (Fsp3) is 0.364. The van der Waals surface area contributed by atoms with Crippen LogP contribution in [0.15, 0.2) is 29.2 Å². The van der Waals surface area contributed by atoms with E-state index in [4.69, 9.17) is 0 Å². The van der Waals surface area contributed by atoms with Crippen LogP contribution in [-0.4, -0.2) is 28.6 Å². The smallest absolute Gasteiger partial charge is 0.245 e. The lowest BCUT2D eigenvalue weighted by Gasteiger charge is -2.05. The van der Waals surface area contributed by atoms with E-state index in [0.717, 1.165) is 0 Å². The summed E-state index contributed by atoms with van der Waals surface area (Å²) in [5, 5.41) is 10.9. The number of sulfonamides is 1. The normalized spacial score (nSPS) is 15.4. The maximum atomic E-state index is 12.1. The van der Waals surface area contributed by atoms with Crippen molar-refractivity contribution in [3.63, 3.8) is 0 Å². The number of aromatic nitrogens is 4. The first-order chi connectivity index (χ1) is 9.04. The highest BCUT2D eigenvalue weighted by atomic mass is 32.2. The van der Waals surface area contributed by atoms with Gasteiger partial charge in [0.05, 0.1) is 11.9 Å². The second kappa shape index (κ2) is 4.30. The lowest BCUT2D eigenvalue weighted by molar-refractivity contribution is 0.600. The molecule has 0 unspecified atom stereocenters. The molecule has 1 saturated carbocycles. The summed E-state index contributed by atoms with van der Waals surface area (Å²) in [5.74, 6) is 0.570. The summed E-state index contributed by atoms with van der Waals surface area (Å²) in [4.78, 5) is 1.39. The van der Waals surface area contributed by atoms with Crippen molar-refractivity contribution in [3.8, 4) is 0 Å². The van der Waals surface area contributed by atoms with E-state index in [1.165, 1.54) is 23.2 Å². The predicted octanol–water partition coefficient (Wildman–Crippen LogP) is 0.888. The average Bonchev–Trinajstić information content (AvgIpc) is 3.14. The van der Waals surface area contributed by atoms with Crippen molar-refractivity contribution >= 4 is 16.0 Å². The fourth-order valence-corrected chi connectivity index (χ4v) is 2.77. The Bertz CT molecular complexity index is 688. The van der Waals surface area contributed by atoms with Gasteiger partial charge >= 0.3 is 0 Å². The van der Waals surface area contributed by atoms with Gasteiger partial charge in [0.15, 0.2) is 0 Å². The Hall–Kier alpha value is -1.96. The minimum Gasteiger partial charge on any atom is -0.245 e. The van der Waals surface area contributed by atoms with Crippen LogP contribution in [-0.2, 0) is 17.1 Å². The largest absolute Gasteiger partial charge is 0.277 e. The highest BCUT2D eigenvalue weighted by Crippen LogP contribution is 2.40. The molecule has 0 amide bonds. The van der Waals surface area contributed by atoms with E-state index < -0.39 is 10.0 Å². The Balaban J connectivity index is 1.82. The molecule has 19 heavy (non-hydrogen) atoms. The van der Waals surface area contributed by atoms with Crippen LogP contribution in [0.3, 0.4) is 0 Å². The van der Waals surface area contributed by atoms with Crippen molar-refractivity contribution in [2.24, 2.45) is 7.05 Å². The summed E-state index contributed by atoms with van der Waals surface area (Å²) < 4.78 is 26.4. The highest BCUT2D eigenvalue weighted by Gasteiger charge is 2.24. The molecule has 2 aromatic rings.